The van der Waals surface area contributed by atoms with Crippen molar-refractivity contribution in [2.75, 3.05) is 6.61 Å². The zero-order valence-corrected chi connectivity index (χ0v) is 11.8. The van der Waals surface area contributed by atoms with Crippen LogP contribution >= 0.6 is 11.6 Å². The highest BCUT2D eigenvalue weighted by atomic mass is 35.5. The first-order chi connectivity index (χ1) is 9.56. The number of hydrogen-bond acceptors (Lipinski definition) is 5. The number of carbonyl (C=O) groups is 2. The van der Waals surface area contributed by atoms with Gasteiger partial charge in [-0.05, 0) is 31.0 Å². The van der Waals surface area contributed by atoms with E-state index in [1.807, 2.05) is 0 Å². The molecule has 1 saturated heterocycles. The topological polar surface area (TPSA) is 61.8 Å². The lowest BCUT2D eigenvalue weighted by Gasteiger charge is -2.30. The zero-order chi connectivity index (χ0) is 14.5. The van der Waals surface area contributed by atoms with E-state index in [2.05, 4.69) is 0 Å². The summed E-state index contributed by atoms with van der Waals surface area (Å²) in [6.45, 7) is 1.77. The Hall–Kier alpha value is -1.59. The monoisotopic (exact) mass is 298 g/mol. The van der Waals surface area contributed by atoms with Crippen molar-refractivity contribution in [1.82, 2.24) is 0 Å². The Labute approximate surface area is 121 Å². The van der Waals surface area contributed by atoms with E-state index < -0.39 is 24.3 Å². The molecule has 0 aromatic heterocycles. The van der Waals surface area contributed by atoms with Gasteiger partial charge in [-0.25, -0.2) is 4.79 Å². The molecule has 0 aliphatic carbocycles. The van der Waals surface area contributed by atoms with Gasteiger partial charge in [-0.3, -0.25) is 4.79 Å². The first kappa shape index (κ1) is 14.8. The molecule has 1 aromatic rings. The standard InChI is InChI=1S/C14H15ClO5/c1-9(16)19-12-6-3-7-18-14(12)20-13(17)10-4-2-5-11(15)8-10/h2,4-5,8,12,14H,3,6-7H2,1H3/t12-,14+/m1/s1. The Morgan fingerprint density at radius 2 is 2.15 bits per heavy atom. The van der Waals surface area contributed by atoms with Gasteiger partial charge in [0.2, 0.25) is 6.29 Å². The smallest absolute Gasteiger partial charge is 0.340 e. The lowest BCUT2D eigenvalue weighted by molar-refractivity contribution is -0.205. The van der Waals surface area contributed by atoms with E-state index in [1.165, 1.54) is 13.0 Å². The van der Waals surface area contributed by atoms with Gasteiger partial charge in [0.25, 0.3) is 0 Å². The van der Waals surface area contributed by atoms with Crippen LogP contribution in [0.15, 0.2) is 24.3 Å². The summed E-state index contributed by atoms with van der Waals surface area (Å²) in [6.07, 6.45) is -0.0838. The molecule has 2 rings (SSSR count). The van der Waals surface area contributed by atoms with Crippen molar-refractivity contribution in [3.63, 3.8) is 0 Å². The fourth-order valence-corrected chi connectivity index (χ4v) is 2.14. The van der Waals surface area contributed by atoms with Gasteiger partial charge in [0, 0.05) is 11.9 Å². The lowest BCUT2D eigenvalue weighted by Crippen LogP contribution is -2.40. The second-order valence-electron chi connectivity index (χ2n) is 4.44. The third kappa shape index (κ3) is 3.95. The van der Waals surface area contributed by atoms with E-state index in [4.69, 9.17) is 25.8 Å². The zero-order valence-electron chi connectivity index (χ0n) is 11.0. The summed E-state index contributed by atoms with van der Waals surface area (Å²) in [7, 11) is 0. The van der Waals surface area contributed by atoms with Crippen LogP contribution in [0.5, 0.6) is 0 Å². The molecule has 0 N–H and O–H groups in total. The van der Waals surface area contributed by atoms with Gasteiger partial charge in [0.05, 0.1) is 12.2 Å². The normalized spacial score (nSPS) is 22.1. The van der Waals surface area contributed by atoms with E-state index in [1.54, 1.807) is 18.2 Å². The number of esters is 2. The van der Waals surface area contributed by atoms with Crippen molar-refractivity contribution < 1.29 is 23.8 Å². The average Bonchev–Trinajstić information content (AvgIpc) is 2.40. The van der Waals surface area contributed by atoms with Gasteiger partial charge in [-0.15, -0.1) is 0 Å². The van der Waals surface area contributed by atoms with Crippen molar-refractivity contribution in [2.24, 2.45) is 0 Å². The van der Waals surface area contributed by atoms with Crippen LogP contribution in [0, 0.1) is 0 Å². The predicted octanol–water partition coefficient (Wildman–Crippen LogP) is 2.57. The molecule has 20 heavy (non-hydrogen) atoms. The third-order valence-corrected chi connectivity index (χ3v) is 3.05. The summed E-state index contributed by atoms with van der Waals surface area (Å²) in [5.74, 6) is -0.985. The fraction of sp³-hybridized carbons (Fsp3) is 0.429. The molecule has 6 heteroatoms. The van der Waals surface area contributed by atoms with E-state index in [-0.39, 0.29) is 0 Å². The average molecular weight is 299 g/mol. The molecule has 0 saturated carbocycles. The highest BCUT2D eigenvalue weighted by Crippen LogP contribution is 2.20. The largest absolute Gasteiger partial charge is 0.456 e. The second-order valence-corrected chi connectivity index (χ2v) is 4.88. The Kier molecular flexibility index (Phi) is 4.98. The molecule has 1 aromatic carbocycles. The van der Waals surface area contributed by atoms with Gasteiger partial charge >= 0.3 is 11.9 Å². The van der Waals surface area contributed by atoms with Crippen LogP contribution in [0.2, 0.25) is 5.02 Å². The molecule has 1 aliphatic heterocycles. The van der Waals surface area contributed by atoms with E-state index >= 15 is 0 Å². The molecule has 0 bridgehead atoms. The second kappa shape index (κ2) is 6.72. The molecule has 0 amide bonds. The maximum atomic E-state index is 12.0. The highest BCUT2D eigenvalue weighted by molar-refractivity contribution is 6.30. The van der Waals surface area contributed by atoms with Crippen molar-refractivity contribution in [3.8, 4) is 0 Å². The summed E-state index contributed by atoms with van der Waals surface area (Å²) < 4.78 is 15.7. The number of benzene rings is 1. The fourth-order valence-electron chi connectivity index (χ4n) is 1.95. The summed E-state index contributed by atoms with van der Waals surface area (Å²) >= 11 is 5.82. The maximum Gasteiger partial charge on any atom is 0.340 e. The molecule has 108 valence electrons. The van der Waals surface area contributed by atoms with Gasteiger partial charge in [0.15, 0.2) is 6.10 Å². The van der Waals surface area contributed by atoms with Crippen LogP contribution in [0.25, 0.3) is 0 Å². The molecular formula is C14H15ClO5. The van der Waals surface area contributed by atoms with Gasteiger partial charge in [-0.1, -0.05) is 17.7 Å². The van der Waals surface area contributed by atoms with Gasteiger partial charge in [0.1, 0.15) is 0 Å². The number of halogens is 1. The number of hydrogen-bond donors (Lipinski definition) is 0. The van der Waals surface area contributed by atoms with Crippen LogP contribution in [0.4, 0.5) is 0 Å². The van der Waals surface area contributed by atoms with Gasteiger partial charge < -0.3 is 14.2 Å². The first-order valence-corrected chi connectivity index (χ1v) is 6.69. The number of ether oxygens (including phenoxy) is 3. The summed E-state index contributed by atoms with van der Waals surface area (Å²) in [5, 5.41) is 0.445. The van der Waals surface area contributed by atoms with Crippen LogP contribution < -0.4 is 0 Å². The van der Waals surface area contributed by atoms with Crippen LogP contribution in [0.1, 0.15) is 30.1 Å². The first-order valence-electron chi connectivity index (χ1n) is 6.31. The summed E-state index contributed by atoms with van der Waals surface area (Å²) in [4.78, 5) is 23.0. The molecule has 1 heterocycles. The molecule has 0 radical (unpaired) electrons. The van der Waals surface area contributed by atoms with Crippen molar-refractivity contribution in [2.45, 2.75) is 32.2 Å². The Morgan fingerprint density at radius 3 is 2.85 bits per heavy atom. The summed E-state index contributed by atoms with van der Waals surface area (Å²) in [6, 6.07) is 6.42. The van der Waals surface area contributed by atoms with Crippen LogP contribution in [-0.4, -0.2) is 30.9 Å². The lowest BCUT2D eigenvalue weighted by atomic mass is 10.1. The molecule has 1 fully saturated rings. The predicted molar refractivity (Wildman–Crippen MR) is 71.4 cm³/mol. The van der Waals surface area contributed by atoms with Crippen molar-refractivity contribution in [3.05, 3.63) is 34.9 Å². The minimum atomic E-state index is -0.876. The quantitative estimate of drug-likeness (QED) is 0.803. The van der Waals surface area contributed by atoms with E-state index in [0.29, 0.717) is 23.6 Å². The van der Waals surface area contributed by atoms with Crippen LogP contribution in [-0.2, 0) is 19.0 Å². The minimum Gasteiger partial charge on any atom is -0.456 e. The SMILES string of the molecule is CC(=O)O[C@@H]1CCCO[C@H]1OC(=O)c1cccc(Cl)c1. The van der Waals surface area contributed by atoms with E-state index in [0.717, 1.165) is 6.42 Å². The molecule has 0 unspecified atom stereocenters. The summed E-state index contributed by atoms with van der Waals surface area (Å²) in [5.41, 5.74) is 0.327. The number of carbonyl (C=O) groups excluding carboxylic acids is 2. The third-order valence-electron chi connectivity index (χ3n) is 2.82. The van der Waals surface area contributed by atoms with Crippen molar-refractivity contribution >= 4 is 23.5 Å². The maximum absolute atomic E-state index is 12.0. The van der Waals surface area contributed by atoms with Crippen molar-refractivity contribution in [1.29, 1.82) is 0 Å². The van der Waals surface area contributed by atoms with Gasteiger partial charge in [-0.2, -0.15) is 0 Å². The molecule has 2 atom stereocenters. The Morgan fingerprint density at radius 1 is 1.35 bits per heavy atom. The Balaban J connectivity index is 2.02. The molecular weight excluding hydrogens is 284 g/mol. The van der Waals surface area contributed by atoms with E-state index in [9.17, 15) is 9.59 Å². The molecule has 0 spiro atoms. The molecule has 1 aliphatic rings. The Bertz CT molecular complexity index is 502. The minimum absolute atomic E-state index is 0.327. The number of rotatable bonds is 3. The van der Waals surface area contributed by atoms with Crippen LogP contribution in [0.3, 0.4) is 0 Å². The molecule has 5 nitrogen and oxygen atoms in total. The highest BCUT2D eigenvalue weighted by Gasteiger charge is 2.32.